The van der Waals surface area contributed by atoms with E-state index in [0.29, 0.717) is 5.54 Å². The molecule has 1 heterocycles. The fraction of sp³-hybridized carbons (Fsp3) is 1.00. The normalized spacial score (nSPS) is 33.6. The van der Waals surface area contributed by atoms with Gasteiger partial charge in [-0.3, -0.25) is 0 Å². The third-order valence-electron chi connectivity index (χ3n) is 1.88. The minimum Gasteiger partial charge on any atom is -0.302 e. The third kappa shape index (κ3) is 2.17. The number of hydrogen-bond donors (Lipinski definition) is 1. The Balaban J connectivity index is 2.36. The number of thioether (sulfide) groups is 1. The van der Waals surface area contributed by atoms with Crippen LogP contribution in [-0.4, -0.2) is 17.2 Å². The highest BCUT2D eigenvalue weighted by Crippen LogP contribution is 2.26. The lowest BCUT2D eigenvalue weighted by Crippen LogP contribution is -2.39. The fourth-order valence-electron chi connectivity index (χ4n) is 1.58. The summed E-state index contributed by atoms with van der Waals surface area (Å²) in [6.45, 7) is 6.90. The molecule has 0 radical (unpaired) electrons. The van der Waals surface area contributed by atoms with Gasteiger partial charge in [0.1, 0.15) is 0 Å². The summed E-state index contributed by atoms with van der Waals surface area (Å²) in [5.74, 6) is 3.24. The predicted octanol–water partition coefficient (Wildman–Crippen LogP) is 2.09. The van der Waals surface area contributed by atoms with Crippen LogP contribution >= 0.6 is 11.8 Å². The van der Waals surface area contributed by atoms with Crippen LogP contribution in [0.3, 0.4) is 0 Å². The summed E-state index contributed by atoms with van der Waals surface area (Å²) < 4.78 is 0. The van der Waals surface area contributed by atoms with Crippen molar-refractivity contribution in [1.29, 1.82) is 0 Å². The molecule has 1 nitrogen and oxygen atoms in total. The van der Waals surface area contributed by atoms with E-state index in [1.165, 1.54) is 12.2 Å². The lowest BCUT2D eigenvalue weighted by molar-refractivity contribution is 0.355. The van der Waals surface area contributed by atoms with Crippen LogP contribution in [0.15, 0.2) is 0 Å². The van der Waals surface area contributed by atoms with Gasteiger partial charge < -0.3 is 5.32 Å². The van der Waals surface area contributed by atoms with Gasteiger partial charge in [-0.1, -0.05) is 13.8 Å². The van der Waals surface area contributed by atoms with Crippen molar-refractivity contribution in [3.63, 3.8) is 0 Å². The minimum absolute atomic E-state index is 0.429. The summed E-state index contributed by atoms with van der Waals surface area (Å²) in [5, 5.41) is 3.53. The van der Waals surface area contributed by atoms with Crippen LogP contribution in [0, 0.1) is 5.92 Å². The van der Waals surface area contributed by atoms with Gasteiger partial charge in [0.2, 0.25) is 0 Å². The zero-order valence-electron chi connectivity index (χ0n) is 7.11. The first kappa shape index (κ1) is 8.41. The zero-order chi connectivity index (χ0) is 7.61. The van der Waals surface area contributed by atoms with Crippen molar-refractivity contribution in [2.24, 2.45) is 5.92 Å². The Hall–Kier alpha value is 0.310. The predicted molar refractivity (Wildman–Crippen MR) is 48.3 cm³/mol. The molecule has 0 aromatic rings. The molecular weight excluding hydrogens is 142 g/mol. The van der Waals surface area contributed by atoms with Crippen molar-refractivity contribution >= 4 is 11.8 Å². The van der Waals surface area contributed by atoms with Gasteiger partial charge in [0, 0.05) is 17.2 Å². The molecule has 0 spiro atoms. The molecule has 1 fully saturated rings. The van der Waals surface area contributed by atoms with Gasteiger partial charge in [-0.05, 0) is 19.3 Å². The van der Waals surface area contributed by atoms with E-state index in [2.05, 4.69) is 26.1 Å². The topological polar surface area (TPSA) is 12.0 Å². The standard InChI is InChI=1S/C8H17NS/c1-7(2)4-8(3)5-10-6-9-8/h7,9H,4-6H2,1-3H3. The smallest absolute Gasteiger partial charge is 0.0423 e. The van der Waals surface area contributed by atoms with Gasteiger partial charge in [0.15, 0.2) is 0 Å². The van der Waals surface area contributed by atoms with Crippen LogP contribution in [0.25, 0.3) is 0 Å². The largest absolute Gasteiger partial charge is 0.302 e. The molecule has 0 aromatic heterocycles. The van der Waals surface area contributed by atoms with Gasteiger partial charge in [-0.15, -0.1) is 11.8 Å². The van der Waals surface area contributed by atoms with E-state index in [1.54, 1.807) is 0 Å². The first-order chi connectivity index (χ1) is 4.62. The molecule has 10 heavy (non-hydrogen) atoms. The van der Waals surface area contributed by atoms with Crippen LogP contribution < -0.4 is 5.32 Å². The highest BCUT2D eigenvalue weighted by atomic mass is 32.2. The molecule has 0 aliphatic carbocycles. The minimum atomic E-state index is 0.429. The van der Waals surface area contributed by atoms with E-state index in [9.17, 15) is 0 Å². The summed E-state index contributed by atoms with van der Waals surface area (Å²) >= 11 is 2.01. The van der Waals surface area contributed by atoms with Crippen molar-refractivity contribution in [2.45, 2.75) is 32.7 Å². The van der Waals surface area contributed by atoms with Crippen molar-refractivity contribution in [3.8, 4) is 0 Å². The number of hydrogen-bond acceptors (Lipinski definition) is 2. The highest BCUT2D eigenvalue weighted by Gasteiger charge is 2.28. The van der Waals surface area contributed by atoms with Gasteiger partial charge in [-0.25, -0.2) is 0 Å². The molecule has 1 saturated heterocycles. The maximum absolute atomic E-state index is 3.53. The SMILES string of the molecule is CC(C)CC1(C)CSCN1. The second-order valence-electron chi connectivity index (χ2n) is 3.83. The van der Waals surface area contributed by atoms with E-state index in [4.69, 9.17) is 0 Å². The molecular formula is C8H17NS. The lowest BCUT2D eigenvalue weighted by Gasteiger charge is -2.25. The monoisotopic (exact) mass is 159 g/mol. The average molecular weight is 159 g/mol. The number of nitrogens with one attached hydrogen (secondary N) is 1. The molecule has 2 heteroatoms. The Kier molecular flexibility index (Phi) is 2.64. The Bertz CT molecular complexity index is 106. The molecule has 1 aliphatic heterocycles. The molecule has 0 saturated carbocycles. The molecule has 1 N–H and O–H groups in total. The van der Waals surface area contributed by atoms with Crippen LogP contribution in [0.4, 0.5) is 0 Å². The third-order valence-corrected chi connectivity index (χ3v) is 3.07. The Morgan fingerprint density at radius 2 is 2.30 bits per heavy atom. The van der Waals surface area contributed by atoms with Crippen LogP contribution in [0.1, 0.15) is 27.2 Å². The van der Waals surface area contributed by atoms with E-state index >= 15 is 0 Å². The lowest BCUT2D eigenvalue weighted by atomic mass is 9.93. The second-order valence-corrected chi connectivity index (χ2v) is 4.81. The van der Waals surface area contributed by atoms with Gasteiger partial charge in [0.25, 0.3) is 0 Å². The van der Waals surface area contributed by atoms with E-state index < -0.39 is 0 Å². The second kappa shape index (κ2) is 3.14. The Labute approximate surface area is 68.0 Å². The highest BCUT2D eigenvalue weighted by molar-refractivity contribution is 7.99. The maximum Gasteiger partial charge on any atom is 0.0423 e. The van der Waals surface area contributed by atoms with Crippen LogP contribution in [-0.2, 0) is 0 Å². The summed E-state index contributed by atoms with van der Waals surface area (Å²) in [6, 6.07) is 0. The molecule has 0 amide bonds. The summed E-state index contributed by atoms with van der Waals surface area (Å²) in [6.07, 6.45) is 1.31. The molecule has 1 atom stereocenters. The van der Waals surface area contributed by atoms with Crippen molar-refractivity contribution in [3.05, 3.63) is 0 Å². The quantitative estimate of drug-likeness (QED) is 0.662. The fourth-order valence-corrected chi connectivity index (χ4v) is 2.81. The van der Waals surface area contributed by atoms with Crippen molar-refractivity contribution < 1.29 is 0 Å². The molecule has 0 bridgehead atoms. The van der Waals surface area contributed by atoms with Crippen molar-refractivity contribution in [1.82, 2.24) is 5.32 Å². The van der Waals surface area contributed by atoms with Gasteiger partial charge in [-0.2, -0.15) is 0 Å². The Morgan fingerprint density at radius 3 is 2.70 bits per heavy atom. The zero-order valence-corrected chi connectivity index (χ0v) is 7.92. The molecule has 1 aliphatic rings. The average Bonchev–Trinajstić information content (AvgIpc) is 2.12. The summed E-state index contributed by atoms with van der Waals surface area (Å²) in [5.41, 5.74) is 0.429. The van der Waals surface area contributed by atoms with Crippen LogP contribution in [0.2, 0.25) is 0 Å². The first-order valence-corrected chi connectivity index (χ1v) is 5.11. The van der Waals surface area contributed by atoms with Gasteiger partial charge >= 0.3 is 0 Å². The van der Waals surface area contributed by atoms with E-state index in [-0.39, 0.29) is 0 Å². The Morgan fingerprint density at radius 1 is 1.60 bits per heavy atom. The maximum atomic E-state index is 3.53. The first-order valence-electron chi connectivity index (χ1n) is 3.95. The molecule has 60 valence electrons. The van der Waals surface area contributed by atoms with Crippen molar-refractivity contribution in [2.75, 3.05) is 11.6 Å². The van der Waals surface area contributed by atoms with E-state index in [0.717, 1.165) is 11.8 Å². The molecule has 1 rings (SSSR count). The van der Waals surface area contributed by atoms with Crippen LogP contribution in [0.5, 0.6) is 0 Å². The summed E-state index contributed by atoms with van der Waals surface area (Å²) in [4.78, 5) is 0. The summed E-state index contributed by atoms with van der Waals surface area (Å²) in [7, 11) is 0. The van der Waals surface area contributed by atoms with Gasteiger partial charge in [0.05, 0.1) is 0 Å². The molecule has 0 aromatic carbocycles. The van der Waals surface area contributed by atoms with E-state index in [1.807, 2.05) is 11.8 Å². The molecule has 1 unspecified atom stereocenters. The number of rotatable bonds is 2.